The highest BCUT2D eigenvalue weighted by Crippen LogP contribution is 2.30. The average molecular weight is 234 g/mol. The molecule has 1 saturated heterocycles. The lowest BCUT2D eigenvalue weighted by molar-refractivity contribution is 0.249. The van der Waals surface area contributed by atoms with E-state index >= 15 is 0 Å². The molecular weight excluding hydrogens is 212 g/mol. The van der Waals surface area contributed by atoms with Gasteiger partial charge >= 0.3 is 0 Å². The molecule has 1 aromatic rings. The molecule has 0 saturated carbocycles. The molecule has 0 aliphatic carbocycles. The van der Waals surface area contributed by atoms with Gasteiger partial charge in [0.05, 0.1) is 6.61 Å². The molecule has 2 atom stereocenters. The minimum Gasteiger partial charge on any atom is -0.494 e. The van der Waals surface area contributed by atoms with Gasteiger partial charge in [-0.3, -0.25) is 4.90 Å². The first-order chi connectivity index (χ1) is 8.22. The number of nitrogens with zero attached hydrogens (tertiary/aromatic N) is 1. The number of nitrogens with two attached hydrogens (primary N) is 1. The summed E-state index contributed by atoms with van der Waals surface area (Å²) in [5, 5.41) is 0. The van der Waals surface area contributed by atoms with E-state index < -0.39 is 0 Å². The second kappa shape index (κ2) is 5.52. The van der Waals surface area contributed by atoms with Gasteiger partial charge in [-0.15, -0.1) is 0 Å². The van der Waals surface area contributed by atoms with Gasteiger partial charge in [-0.05, 0) is 26.3 Å². The summed E-state index contributed by atoms with van der Waals surface area (Å²) in [6, 6.07) is 9.01. The molecule has 1 aromatic carbocycles. The van der Waals surface area contributed by atoms with Crippen LogP contribution in [0.4, 0.5) is 0 Å². The normalized spacial score (nSPS) is 22.6. The fourth-order valence-corrected chi connectivity index (χ4v) is 2.48. The van der Waals surface area contributed by atoms with Crippen molar-refractivity contribution in [3.8, 4) is 5.75 Å². The standard InChI is InChI=1S/C14H22N2O/c1-3-17-14-7-5-4-6-13(14)11(2)16-9-8-12(15)10-16/h4-7,11-12H,3,8-10,15H2,1-2H3. The van der Waals surface area contributed by atoms with Crippen molar-refractivity contribution in [1.82, 2.24) is 4.90 Å². The van der Waals surface area contributed by atoms with E-state index in [2.05, 4.69) is 24.0 Å². The van der Waals surface area contributed by atoms with E-state index in [0.717, 1.165) is 25.3 Å². The molecule has 1 aliphatic heterocycles. The molecule has 2 unspecified atom stereocenters. The number of ether oxygens (including phenoxy) is 1. The zero-order valence-corrected chi connectivity index (χ0v) is 10.7. The number of likely N-dealkylation sites (tertiary alicyclic amines) is 1. The van der Waals surface area contributed by atoms with Gasteiger partial charge in [0.15, 0.2) is 0 Å². The Morgan fingerprint density at radius 3 is 2.88 bits per heavy atom. The zero-order chi connectivity index (χ0) is 12.3. The third-order valence-corrected chi connectivity index (χ3v) is 3.47. The van der Waals surface area contributed by atoms with Crippen LogP contribution in [-0.4, -0.2) is 30.6 Å². The molecule has 3 nitrogen and oxygen atoms in total. The highest BCUT2D eigenvalue weighted by Gasteiger charge is 2.25. The molecule has 2 N–H and O–H groups in total. The minimum atomic E-state index is 0.330. The van der Waals surface area contributed by atoms with E-state index in [1.807, 2.05) is 19.1 Å². The van der Waals surface area contributed by atoms with E-state index in [0.29, 0.717) is 18.7 Å². The largest absolute Gasteiger partial charge is 0.494 e. The van der Waals surface area contributed by atoms with E-state index in [1.165, 1.54) is 5.56 Å². The molecule has 0 aromatic heterocycles. The van der Waals surface area contributed by atoms with E-state index in [-0.39, 0.29) is 0 Å². The highest BCUT2D eigenvalue weighted by atomic mass is 16.5. The van der Waals surface area contributed by atoms with Crippen molar-refractivity contribution in [2.45, 2.75) is 32.4 Å². The van der Waals surface area contributed by atoms with Crippen LogP contribution in [0.5, 0.6) is 5.75 Å². The fraction of sp³-hybridized carbons (Fsp3) is 0.571. The molecule has 0 spiro atoms. The number of benzene rings is 1. The molecule has 1 aliphatic rings. The summed E-state index contributed by atoms with van der Waals surface area (Å²) in [5.41, 5.74) is 7.23. The van der Waals surface area contributed by atoms with Crippen LogP contribution < -0.4 is 10.5 Å². The number of rotatable bonds is 4. The molecule has 0 radical (unpaired) electrons. The maximum Gasteiger partial charge on any atom is 0.124 e. The lowest BCUT2D eigenvalue weighted by Gasteiger charge is -2.26. The van der Waals surface area contributed by atoms with Crippen LogP contribution in [-0.2, 0) is 0 Å². The van der Waals surface area contributed by atoms with Gasteiger partial charge in [-0.1, -0.05) is 18.2 Å². The molecule has 17 heavy (non-hydrogen) atoms. The number of para-hydroxylation sites is 1. The van der Waals surface area contributed by atoms with Gasteiger partial charge in [-0.2, -0.15) is 0 Å². The Balaban J connectivity index is 2.15. The first kappa shape index (κ1) is 12.4. The van der Waals surface area contributed by atoms with Gasteiger partial charge in [0.25, 0.3) is 0 Å². The van der Waals surface area contributed by atoms with Crippen molar-refractivity contribution >= 4 is 0 Å². The van der Waals surface area contributed by atoms with Crippen LogP contribution in [0.2, 0.25) is 0 Å². The summed E-state index contributed by atoms with van der Waals surface area (Å²) in [4.78, 5) is 2.43. The Hall–Kier alpha value is -1.06. The average Bonchev–Trinajstić information content (AvgIpc) is 2.76. The lowest BCUT2D eigenvalue weighted by atomic mass is 10.1. The molecule has 2 rings (SSSR count). The maximum atomic E-state index is 5.96. The van der Waals surface area contributed by atoms with Gasteiger partial charge < -0.3 is 10.5 Å². The van der Waals surface area contributed by atoms with Crippen molar-refractivity contribution in [2.75, 3.05) is 19.7 Å². The summed E-state index contributed by atoms with van der Waals surface area (Å²) < 4.78 is 5.69. The van der Waals surface area contributed by atoms with Crippen molar-refractivity contribution < 1.29 is 4.74 Å². The second-order valence-electron chi connectivity index (χ2n) is 4.69. The van der Waals surface area contributed by atoms with Gasteiger partial charge in [0.2, 0.25) is 0 Å². The van der Waals surface area contributed by atoms with Crippen molar-refractivity contribution in [1.29, 1.82) is 0 Å². The quantitative estimate of drug-likeness (QED) is 0.868. The Labute approximate surface area is 104 Å². The SMILES string of the molecule is CCOc1ccccc1C(C)N1CCC(N)C1. The topological polar surface area (TPSA) is 38.5 Å². The molecular formula is C14H22N2O. The van der Waals surface area contributed by atoms with Crippen LogP contribution in [0.15, 0.2) is 24.3 Å². The highest BCUT2D eigenvalue weighted by molar-refractivity contribution is 5.35. The fourth-order valence-electron chi connectivity index (χ4n) is 2.48. The number of hydrogen-bond donors (Lipinski definition) is 1. The third-order valence-electron chi connectivity index (χ3n) is 3.47. The molecule has 1 heterocycles. The Morgan fingerprint density at radius 2 is 2.24 bits per heavy atom. The summed E-state index contributed by atoms with van der Waals surface area (Å²) in [6.07, 6.45) is 1.10. The summed E-state index contributed by atoms with van der Waals surface area (Å²) >= 11 is 0. The molecule has 0 amide bonds. The van der Waals surface area contributed by atoms with Crippen LogP contribution in [0, 0.1) is 0 Å². The van der Waals surface area contributed by atoms with Crippen molar-refractivity contribution in [3.05, 3.63) is 29.8 Å². The molecule has 3 heteroatoms. The Morgan fingerprint density at radius 1 is 1.47 bits per heavy atom. The monoisotopic (exact) mass is 234 g/mol. The number of hydrogen-bond acceptors (Lipinski definition) is 3. The first-order valence-corrected chi connectivity index (χ1v) is 6.43. The van der Waals surface area contributed by atoms with Crippen LogP contribution in [0.25, 0.3) is 0 Å². The van der Waals surface area contributed by atoms with Crippen molar-refractivity contribution in [2.24, 2.45) is 5.73 Å². The summed E-state index contributed by atoms with van der Waals surface area (Å²) in [5.74, 6) is 1.00. The van der Waals surface area contributed by atoms with Crippen LogP contribution in [0.1, 0.15) is 31.9 Å². The lowest BCUT2D eigenvalue weighted by Crippen LogP contribution is -2.29. The summed E-state index contributed by atoms with van der Waals surface area (Å²) in [6.45, 7) is 7.04. The van der Waals surface area contributed by atoms with E-state index in [1.54, 1.807) is 0 Å². The van der Waals surface area contributed by atoms with Gasteiger partial charge in [0.1, 0.15) is 5.75 Å². The van der Waals surface area contributed by atoms with E-state index in [4.69, 9.17) is 10.5 Å². The Bertz CT molecular complexity index is 367. The van der Waals surface area contributed by atoms with Gasteiger partial charge in [-0.25, -0.2) is 0 Å². The molecule has 1 fully saturated rings. The maximum absolute atomic E-state index is 5.96. The predicted molar refractivity (Wildman–Crippen MR) is 70.2 cm³/mol. The second-order valence-corrected chi connectivity index (χ2v) is 4.69. The predicted octanol–water partition coefficient (Wildman–Crippen LogP) is 2.18. The zero-order valence-electron chi connectivity index (χ0n) is 10.7. The minimum absolute atomic E-state index is 0.330. The summed E-state index contributed by atoms with van der Waals surface area (Å²) in [7, 11) is 0. The van der Waals surface area contributed by atoms with Gasteiger partial charge in [0, 0.05) is 30.7 Å². The van der Waals surface area contributed by atoms with Crippen molar-refractivity contribution in [3.63, 3.8) is 0 Å². The van der Waals surface area contributed by atoms with E-state index in [9.17, 15) is 0 Å². The molecule has 94 valence electrons. The molecule has 0 bridgehead atoms. The van der Waals surface area contributed by atoms with Crippen LogP contribution in [0.3, 0.4) is 0 Å². The van der Waals surface area contributed by atoms with Crippen LogP contribution >= 0.6 is 0 Å². The Kier molecular flexibility index (Phi) is 4.02. The third kappa shape index (κ3) is 2.79. The smallest absolute Gasteiger partial charge is 0.124 e. The first-order valence-electron chi connectivity index (χ1n) is 6.43.